The lowest BCUT2D eigenvalue weighted by Gasteiger charge is -1.62. The lowest BCUT2D eigenvalue weighted by molar-refractivity contribution is -0.112. The van der Waals surface area contributed by atoms with E-state index in [9.17, 15) is 4.79 Å². The zero-order valence-corrected chi connectivity index (χ0v) is 5.31. The number of carbonyl (C=O) groups is 1. The Bertz CT molecular complexity index is 58.6. The van der Waals surface area contributed by atoms with Gasteiger partial charge in [-0.2, -0.15) is 0 Å². The summed E-state index contributed by atoms with van der Waals surface area (Å²) in [5, 5.41) is 0. The molecule has 0 aromatic heterocycles. The zero-order valence-electron chi connectivity index (χ0n) is 3.90. The predicted octanol–water partition coefficient (Wildman–Crippen LogP) is 0.381. The van der Waals surface area contributed by atoms with Gasteiger partial charge in [0.2, 0.25) is 0 Å². The molecule has 30 valence electrons. The van der Waals surface area contributed by atoms with Crippen molar-refractivity contribution >= 4 is 28.8 Å². The highest BCUT2D eigenvalue weighted by Gasteiger charge is 1.69. The van der Waals surface area contributed by atoms with Crippen molar-refractivity contribution in [2.75, 3.05) is 0 Å². The van der Waals surface area contributed by atoms with Crippen LogP contribution in [0.1, 0.15) is 6.92 Å². The lowest BCUT2D eigenvalue weighted by atomic mass is 10.5. The fourth-order valence-corrected chi connectivity index (χ4v) is 0. The summed E-state index contributed by atoms with van der Waals surface area (Å²) < 4.78 is 0. The van der Waals surface area contributed by atoms with Crippen LogP contribution in [-0.2, 0) is 4.79 Å². The third-order valence-electron chi connectivity index (χ3n) is 0.287. The minimum Gasteiger partial charge on any atom is -0.295 e. The number of ketones is 1. The van der Waals surface area contributed by atoms with Crippen LogP contribution in [0.4, 0.5) is 0 Å². The fraction of sp³-hybridized carbons (Fsp3) is 0.250. The highest BCUT2D eigenvalue weighted by molar-refractivity contribution is 5.86. The van der Waals surface area contributed by atoms with E-state index >= 15 is 0 Å². The Morgan fingerprint density at radius 3 is 2.00 bits per heavy atom. The van der Waals surface area contributed by atoms with Crippen molar-refractivity contribution in [1.82, 2.24) is 0 Å². The van der Waals surface area contributed by atoms with E-state index in [0.717, 1.165) is 0 Å². The first-order chi connectivity index (χ1) is 2.27. The van der Waals surface area contributed by atoms with Crippen LogP contribution in [0, 0.1) is 0 Å². The molecule has 0 aliphatic heterocycles. The number of allylic oxidation sites excluding steroid dienone is 1. The molecule has 6 heavy (non-hydrogen) atoms. The molecule has 0 aromatic rings. The van der Waals surface area contributed by atoms with Crippen molar-refractivity contribution in [2.24, 2.45) is 0 Å². The van der Waals surface area contributed by atoms with E-state index in [-0.39, 0.29) is 28.8 Å². The number of hydrogen-bond donors (Lipinski definition) is 0. The normalized spacial score (nSPS) is 5.50. The third-order valence-corrected chi connectivity index (χ3v) is 0.287. The Morgan fingerprint density at radius 2 is 2.00 bits per heavy atom. The minimum absolute atomic E-state index is 0. The second-order valence-corrected chi connectivity index (χ2v) is 0.815. The first-order valence-electron chi connectivity index (χ1n) is 1.40. The second kappa shape index (κ2) is 5.18. The molecule has 0 N–H and O–H groups in total. The SMILES string of the molecule is C=CC(C)=O.[Mg]. The molecule has 1 nitrogen and oxygen atoms in total. The van der Waals surface area contributed by atoms with E-state index in [4.69, 9.17) is 0 Å². The summed E-state index contributed by atoms with van der Waals surface area (Å²) in [7, 11) is 0. The molecule has 0 unspecified atom stereocenters. The number of hydrogen-bond acceptors (Lipinski definition) is 1. The van der Waals surface area contributed by atoms with Crippen LogP contribution in [0.3, 0.4) is 0 Å². The van der Waals surface area contributed by atoms with E-state index in [1.165, 1.54) is 13.0 Å². The quantitative estimate of drug-likeness (QED) is 0.339. The van der Waals surface area contributed by atoms with Crippen LogP contribution < -0.4 is 0 Å². The molecule has 0 saturated heterocycles. The van der Waals surface area contributed by atoms with Crippen LogP contribution in [0.25, 0.3) is 0 Å². The Labute approximate surface area is 53.6 Å². The average molecular weight is 94.4 g/mol. The van der Waals surface area contributed by atoms with Gasteiger partial charge in [0.25, 0.3) is 0 Å². The molecule has 0 atom stereocenters. The lowest BCUT2D eigenvalue weighted by Crippen LogP contribution is -1.74. The van der Waals surface area contributed by atoms with Crippen molar-refractivity contribution in [1.29, 1.82) is 0 Å². The molecular formula is C4H6MgO. The summed E-state index contributed by atoms with van der Waals surface area (Å²) in [6, 6.07) is 0. The first-order valence-corrected chi connectivity index (χ1v) is 1.40. The summed E-state index contributed by atoms with van der Waals surface area (Å²) in [6.07, 6.45) is 1.28. The molecule has 0 heterocycles. The van der Waals surface area contributed by atoms with Gasteiger partial charge in [0.15, 0.2) is 5.78 Å². The fourth-order valence-electron chi connectivity index (χ4n) is 0. The maximum atomic E-state index is 9.69. The van der Waals surface area contributed by atoms with Crippen molar-refractivity contribution < 1.29 is 4.79 Å². The largest absolute Gasteiger partial charge is 0.295 e. The van der Waals surface area contributed by atoms with Crippen LogP contribution in [0.2, 0.25) is 0 Å². The highest BCUT2D eigenvalue weighted by Crippen LogP contribution is 1.60. The van der Waals surface area contributed by atoms with Gasteiger partial charge in [-0.3, -0.25) is 4.79 Å². The van der Waals surface area contributed by atoms with Gasteiger partial charge in [0, 0.05) is 23.1 Å². The Balaban J connectivity index is 0. The summed E-state index contributed by atoms with van der Waals surface area (Å²) in [6.45, 7) is 4.68. The second-order valence-electron chi connectivity index (χ2n) is 0.815. The van der Waals surface area contributed by atoms with Crippen LogP contribution in [-0.4, -0.2) is 28.8 Å². The maximum absolute atomic E-state index is 9.69. The summed E-state index contributed by atoms with van der Waals surface area (Å²) in [5.41, 5.74) is 0. The summed E-state index contributed by atoms with van der Waals surface area (Å²) >= 11 is 0. The zero-order chi connectivity index (χ0) is 4.28. The molecular weight excluding hydrogens is 88.3 g/mol. The predicted molar refractivity (Wildman–Crippen MR) is 26.6 cm³/mol. The van der Waals surface area contributed by atoms with E-state index in [1.54, 1.807) is 0 Å². The van der Waals surface area contributed by atoms with Gasteiger partial charge in [-0.15, -0.1) is 0 Å². The Hall–Kier alpha value is 0.176. The first kappa shape index (κ1) is 9.49. The topological polar surface area (TPSA) is 17.1 Å². The Kier molecular flexibility index (Phi) is 8.19. The molecule has 2 radical (unpaired) electrons. The summed E-state index contributed by atoms with van der Waals surface area (Å²) in [4.78, 5) is 9.69. The molecule has 0 fully saturated rings. The summed E-state index contributed by atoms with van der Waals surface area (Å²) in [5.74, 6) is 0.0185. The van der Waals surface area contributed by atoms with Gasteiger partial charge in [-0.05, 0) is 13.0 Å². The maximum Gasteiger partial charge on any atom is 0.152 e. The van der Waals surface area contributed by atoms with E-state index < -0.39 is 0 Å². The smallest absolute Gasteiger partial charge is 0.152 e. The standard InChI is InChI=1S/C4H6O.Mg/c1-3-4(2)5;/h3H,1H2,2H3;. The van der Waals surface area contributed by atoms with Crippen molar-refractivity contribution in [3.63, 3.8) is 0 Å². The average Bonchev–Trinajstić information content (AvgIpc) is 1.38. The van der Waals surface area contributed by atoms with Crippen LogP contribution in [0.15, 0.2) is 12.7 Å². The van der Waals surface area contributed by atoms with Gasteiger partial charge >= 0.3 is 0 Å². The number of carbonyl (C=O) groups excluding carboxylic acids is 1. The molecule has 0 aliphatic rings. The molecule has 0 spiro atoms. The van der Waals surface area contributed by atoms with Crippen LogP contribution >= 0.6 is 0 Å². The highest BCUT2D eigenvalue weighted by atomic mass is 24.3. The van der Waals surface area contributed by atoms with E-state index in [2.05, 4.69) is 6.58 Å². The minimum atomic E-state index is 0. The monoisotopic (exact) mass is 94.0 g/mol. The van der Waals surface area contributed by atoms with Gasteiger partial charge in [0.05, 0.1) is 0 Å². The Morgan fingerprint density at radius 1 is 1.83 bits per heavy atom. The molecule has 0 aromatic carbocycles. The van der Waals surface area contributed by atoms with Gasteiger partial charge in [0.1, 0.15) is 0 Å². The van der Waals surface area contributed by atoms with E-state index in [1.807, 2.05) is 0 Å². The molecule has 0 bridgehead atoms. The third kappa shape index (κ3) is 8.90. The number of rotatable bonds is 1. The molecule has 0 amide bonds. The molecule has 2 heteroatoms. The van der Waals surface area contributed by atoms with Crippen molar-refractivity contribution in [2.45, 2.75) is 6.92 Å². The van der Waals surface area contributed by atoms with Gasteiger partial charge in [-0.1, -0.05) is 6.58 Å². The van der Waals surface area contributed by atoms with Crippen molar-refractivity contribution in [3.8, 4) is 0 Å². The van der Waals surface area contributed by atoms with Gasteiger partial charge < -0.3 is 0 Å². The molecule has 0 rings (SSSR count). The van der Waals surface area contributed by atoms with E-state index in [0.29, 0.717) is 0 Å². The van der Waals surface area contributed by atoms with Crippen LogP contribution in [0.5, 0.6) is 0 Å². The van der Waals surface area contributed by atoms with Crippen molar-refractivity contribution in [3.05, 3.63) is 12.7 Å². The molecule has 0 saturated carbocycles. The van der Waals surface area contributed by atoms with Gasteiger partial charge in [-0.25, -0.2) is 0 Å². The molecule has 0 aliphatic carbocycles.